The van der Waals surface area contributed by atoms with Crippen LogP contribution in [-0.2, 0) is 0 Å². The van der Waals surface area contributed by atoms with Crippen molar-refractivity contribution in [3.8, 4) is 0 Å². The van der Waals surface area contributed by atoms with E-state index in [9.17, 15) is 4.39 Å². The highest BCUT2D eigenvalue weighted by atomic mass is 79.9. The summed E-state index contributed by atoms with van der Waals surface area (Å²) in [6.45, 7) is 1.90. The third-order valence-corrected chi connectivity index (χ3v) is 5.17. The van der Waals surface area contributed by atoms with Crippen LogP contribution in [0.5, 0.6) is 0 Å². The number of rotatable bonds is 1. The van der Waals surface area contributed by atoms with Crippen molar-refractivity contribution in [3.05, 3.63) is 22.4 Å². The Morgan fingerprint density at radius 1 is 1.26 bits per heavy atom. The van der Waals surface area contributed by atoms with Crippen molar-refractivity contribution in [2.45, 2.75) is 31.3 Å². The van der Waals surface area contributed by atoms with E-state index in [0.29, 0.717) is 22.2 Å². The average molecular weight is 328 g/mol. The second-order valence-electron chi connectivity index (χ2n) is 5.61. The van der Waals surface area contributed by atoms with Crippen molar-refractivity contribution >= 4 is 27.3 Å². The topological polar surface area (TPSA) is 32.5 Å². The van der Waals surface area contributed by atoms with Gasteiger partial charge in [-0.25, -0.2) is 4.39 Å². The Morgan fingerprint density at radius 2 is 2.00 bits per heavy atom. The van der Waals surface area contributed by atoms with Crippen LogP contribution in [0.2, 0.25) is 0 Å². The van der Waals surface area contributed by atoms with Gasteiger partial charge in [0.05, 0.1) is 15.8 Å². The molecule has 2 unspecified atom stereocenters. The first kappa shape index (κ1) is 13.2. The summed E-state index contributed by atoms with van der Waals surface area (Å²) in [6, 6.07) is 4.46. The number of likely N-dealkylation sites (N-methyl/N-ethyl adjacent to an activating group) is 1. The van der Waals surface area contributed by atoms with Gasteiger partial charge in [-0.05, 0) is 48.3 Å². The molecule has 0 radical (unpaired) electrons. The largest absolute Gasteiger partial charge is 0.397 e. The molecule has 3 rings (SSSR count). The lowest BCUT2D eigenvalue weighted by Gasteiger charge is -2.28. The number of hydrogen-bond acceptors (Lipinski definition) is 3. The molecular weight excluding hydrogens is 309 g/mol. The fourth-order valence-electron chi connectivity index (χ4n) is 3.35. The molecule has 0 aromatic heterocycles. The number of nitrogens with zero attached hydrogens (tertiary/aromatic N) is 2. The van der Waals surface area contributed by atoms with E-state index in [2.05, 4.69) is 32.8 Å². The molecule has 3 nitrogen and oxygen atoms in total. The minimum Gasteiger partial charge on any atom is -0.397 e. The van der Waals surface area contributed by atoms with E-state index in [1.54, 1.807) is 12.1 Å². The molecule has 0 aliphatic carbocycles. The molecule has 2 aliphatic rings. The van der Waals surface area contributed by atoms with Gasteiger partial charge in [-0.15, -0.1) is 0 Å². The summed E-state index contributed by atoms with van der Waals surface area (Å²) in [6.07, 6.45) is 3.65. The lowest BCUT2D eigenvalue weighted by molar-refractivity contribution is 0.254. The standard InChI is InChI=1S/C14H19BrFN3/c1-18-9-2-3-10(18)8-19(5-4-9)14-7-12(16)11(15)6-13(14)17/h6-7,9-10H,2-5,8,17H2,1H3. The minimum absolute atomic E-state index is 0.244. The van der Waals surface area contributed by atoms with Gasteiger partial charge in [-0.2, -0.15) is 0 Å². The maximum absolute atomic E-state index is 13.7. The summed E-state index contributed by atoms with van der Waals surface area (Å²) in [5.74, 6) is -0.244. The fraction of sp³-hybridized carbons (Fsp3) is 0.571. The van der Waals surface area contributed by atoms with Gasteiger partial charge in [0.2, 0.25) is 0 Å². The highest BCUT2D eigenvalue weighted by molar-refractivity contribution is 9.10. The summed E-state index contributed by atoms with van der Waals surface area (Å²) in [7, 11) is 2.21. The van der Waals surface area contributed by atoms with Gasteiger partial charge in [0, 0.05) is 31.2 Å². The Hall–Kier alpha value is -0.810. The first-order chi connectivity index (χ1) is 9.06. The Kier molecular flexibility index (Phi) is 3.43. The maximum Gasteiger partial charge on any atom is 0.139 e. The van der Waals surface area contributed by atoms with E-state index >= 15 is 0 Å². The summed E-state index contributed by atoms with van der Waals surface area (Å²) in [5.41, 5.74) is 7.53. The van der Waals surface area contributed by atoms with Gasteiger partial charge in [0.15, 0.2) is 0 Å². The molecule has 2 N–H and O–H groups in total. The van der Waals surface area contributed by atoms with Crippen LogP contribution in [0.25, 0.3) is 0 Å². The highest BCUT2D eigenvalue weighted by Crippen LogP contribution is 2.34. The second-order valence-corrected chi connectivity index (χ2v) is 6.46. The predicted octanol–water partition coefficient (Wildman–Crippen LogP) is 2.84. The van der Waals surface area contributed by atoms with Gasteiger partial charge in [-0.1, -0.05) is 0 Å². The van der Waals surface area contributed by atoms with Gasteiger partial charge in [-0.3, -0.25) is 4.90 Å². The van der Waals surface area contributed by atoms with Gasteiger partial charge < -0.3 is 10.6 Å². The number of benzene rings is 1. The molecular formula is C14H19BrFN3. The molecule has 0 amide bonds. The number of nitrogens with two attached hydrogens (primary N) is 1. The van der Waals surface area contributed by atoms with E-state index < -0.39 is 0 Å². The van der Waals surface area contributed by atoms with Crippen molar-refractivity contribution in [1.82, 2.24) is 4.90 Å². The monoisotopic (exact) mass is 327 g/mol. The van der Waals surface area contributed by atoms with E-state index in [4.69, 9.17) is 5.73 Å². The smallest absolute Gasteiger partial charge is 0.139 e. The minimum atomic E-state index is -0.244. The average Bonchev–Trinajstić information content (AvgIpc) is 2.59. The third-order valence-electron chi connectivity index (χ3n) is 4.56. The van der Waals surface area contributed by atoms with E-state index in [1.165, 1.54) is 12.8 Å². The molecule has 1 aromatic rings. The van der Waals surface area contributed by atoms with Crippen LogP contribution >= 0.6 is 15.9 Å². The third kappa shape index (κ3) is 2.34. The zero-order valence-electron chi connectivity index (χ0n) is 11.1. The molecule has 2 saturated heterocycles. The first-order valence-electron chi connectivity index (χ1n) is 6.77. The molecule has 2 bridgehead atoms. The van der Waals surface area contributed by atoms with Crippen molar-refractivity contribution in [2.75, 3.05) is 30.8 Å². The first-order valence-corrected chi connectivity index (χ1v) is 7.57. The van der Waals surface area contributed by atoms with Crippen LogP contribution in [0.15, 0.2) is 16.6 Å². The van der Waals surface area contributed by atoms with Crippen LogP contribution in [0.3, 0.4) is 0 Å². The van der Waals surface area contributed by atoms with Crippen molar-refractivity contribution in [2.24, 2.45) is 0 Å². The summed E-state index contributed by atoms with van der Waals surface area (Å²) >= 11 is 3.18. The lowest BCUT2D eigenvalue weighted by atomic mass is 10.1. The van der Waals surface area contributed by atoms with Crippen molar-refractivity contribution in [1.29, 1.82) is 0 Å². The summed E-state index contributed by atoms with van der Waals surface area (Å²) in [4.78, 5) is 4.72. The number of halogens is 2. The van der Waals surface area contributed by atoms with Gasteiger partial charge >= 0.3 is 0 Å². The molecule has 0 saturated carbocycles. The summed E-state index contributed by atoms with van der Waals surface area (Å²) in [5, 5.41) is 0. The number of hydrogen-bond donors (Lipinski definition) is 1. The van der Waals surface area contributed by atoms with E-state index in [0.717, 1.165) is 25.2 Å². The van der Waals surface area contributed by atoms with Crippen LogP contribution in [0.4, 0.5) is 15.8 Å². The quantitative estimate of drug-likeness (QED) is 0.805. The zero-order chi connectivity index (χ0) is 13.6. The SMILES string of the molecule is CN1C2CCC1CN(c1cc(F)c(Br)cc1N)CC2. The Labute approximate surface area is 121 Å². The maximum atomic E-state index is 13.7. The molecule has 2 fully saturated rings. The second kappa shape index (κ2) is 4.94. The van der Waals surface area contributed by atoms with E-state index in [-0.39, 0.29) is 5.82 Å². The molecule has 2 aliphatic heterocycles. The fourth-order valence-corrected chi connectivity index (χ4v) is 3.71. The number of anilines is 2. The lowest BCUT2D eigenvalue weighted by Crippen LogP contribution is -2.36. The molecule has 1 aromatic carbocycles. The molecule has 2 heterocycles. The van der Waals surface area contributed by atoms with Crippen LogP contribution < -0.4 is 10.6 Å². The number of fused-ring (bicyclic) bond motifs is 2. The zero-order valence-corrected chi connectivity index (χ0v) is 12.7. The molecule has 0 spiro atoms. The Balaban J connectivity index is 1.89. The normalized spacial score (nSPS) is 27.6. The summed E-state index contributed by atoms with van der Waals surface area (Å²) < 4.78 is 14.2. The molecule has 2 atom stereocenters. The van der Waals surface area contributed by atoms with Crippen LogP contribution in [0.1, 0.15) is 19.3 Å². The van der Waals surface area contributed by atoms with Crippen LogP contribution in [0, 0.1) is 5.82 Å². The highest BCUT2D eigenvalue weighted by Gasteiger charge is 2.35. The van der Waals surface area contributed by atoms with E-state index in [1.807, 2.05) is 0 Å². The number of nitrogen functional groups attached to an aromatic ring is 1. The predicted molar refractivity (Wildman–Crippen MR) is 79.9 cm³/mol. The Morgan fingerprint density at radius 3 is 2.79 bits per heavy atom. The molecule has 5 heteroatoms. The molecule has 104 valence electrons. The van der Waals surface area contributed by atoms with Crippen LogP contribution in [-0.4, -0.2) is 37.1 Å². The molecule has 19 heavy (non-hydrogen) atoms. The van der Waals surface area contributed by atoms with Crippen molar-refractivity contribution in [3.63, 3.8) is 0 Å². The van der Waals surface area contributed by atoms with Gasteiger partial charge in [0.25, 0.3) is 0 Å². The Bertz CT molecular complexity index is 494. The van der Waals surface area contributed by atoms with Gasteiger partial charge in [0.1, 0.15) is 5.82 Å². The van der Waals surface area contributed by atoms with Crippen molar-refractivity contribution < 1.29 is 4.39 Å².